The van der Waals surface area contributed by atoms with E-state index in [1.807, 2.05) is 0 Å². The predicted molar refractivity (Wildman–Crippen MR) is 68.3 cm³/mol. The van der Waals surface area contributed by atoms with Gasteiger partial charge in [0.2, 0.25) is 0 Å². The van der Waals surface area contributed by atoms with Gasteiger partial charge in [-0.2, -0.15) is 0 Å². The number of nitrogens with zero attached hydrogens (tertiary/aromatic N) is 1. The highest BCUT2D eigenvalue weighted by Gasteiger charge is 2.07. The monoisotopic (exact) mass is 264 g/mol. The number of nitrogens with one attached hydrogen (secondary N) is 1. The van der Waals surface area contributed by atoms with Gasteiger partial charge in [0.25, 0.3) is 5.91 Å². The highest BCUT2D eigenvalue weighted by Crippen LogP contribution is 2.15. The van der Waals surface area contributed by atoms with Crippen LogP contribution in [0.15, 0.2) is 36.5 Å². The van der Waals surface area contributed by atoms with Gasteiger partial charge in [0, 0.05) is 17.4 Å². The molecule has 1 aromatic heterocycles. The zero-order valence-corrected chi connectivity index (χ0v) is 10.3. The highest BCUT2D eigenvalue weighted by molar-refractivity contribution is 6.29. The molecule has 0 radical (unpaired) electrons. The summed E-state index contributed by atoms with van der Waals surface area (Å²) in [7, 11) is 0. The molecular weight excluding hydrogens is 255 g/mol. The molecule has 2 rings (SSSR count). The Kier molecular flexibility index (Phi) is 3.58. The van der Waals surface area contributed by atoms with Gasteiger partial charge in [-0.05, 0) is 42.8 Å². The fourth-order valence-corrected chi connectivity index (χ4v) is 1.73. The third-order valence-corrected chi connectivity index (χ3v) is 2.50. The Labute approximate surface area is 109 Å². The van der Waals surface area contributed by atoms with Gasteiger partial charge in [-0.3, -0.25) is 4.79 Å². The SMILES string of the molecule is Cc1cc(F)cc(NC(=O)c2ccnc(Cl)c2)c1. The van der Waals surface area contributed by atoms with Crippen LogP contribution in [-0.4, -0.2) is 10.9 Å². The molecule has 5 heteroatoms. The van der Waals surface area contributed by atoms with Crippen LogP contribution in [0.5, 0.6) is 0 Å². The van der Waals surface area contributed by atoms with Crippen LogP contribution >= 0.6 is 11.6 Å². The van der Waals surface area contributed by atoms with E-state index in [4.69, 9.17) is 11.6 Å². The zero-order chi connectivity index (χ0) is 13.1. The fourth-order valence-electron chi connectivity index (χ4n) is 1.56. The van der Waals surface area contributed by atoms with E-state index in [0.717, 1.165) is 5.56 Å². The second kappa shape index (κ2) is 5.14. The van der Waals surface area contributed by atoms with E-state index in [0.29, 0.717) is 11.3 Å². The van der Waals surface area contributed by atoms with Crippen LogP contribution in [0.2, 0.25) is 5.15 Å². The molecule has 1 aromatic carbocycles. The maximum atomic E-state index is 13.2. The summed E-state index contributed by atoms with van der Waals surface area (Å²) in [5.41, 5.74) is 1.51. The highest BCUT2D eigenvalue weighted by atomic mass is 35.5. The molecule has 2 aromatic rings. The lowest BCUT2D eigenvalue weighted by atomic mass is 10.2. The van der Waals surface area contributed by atoms with Crippen LogP contribution in [0, 0.1) is 12.7 Å². The van der Waals surface area contributed by atoms with Crippen molar-refractivity contribution in [3.05, 3.63) is 58.6 Å². The third-order valence-electron chi connectivity index (χ3n) is 2.29. The summed E-state index contributed by atoms with van der Waals surface area (Å²) in [5.74, 6) is -0.748. The molecule has 0 atom stereocenters. The number of benzene rings is 1. The number of carbonyl (C=O) groups is 1. The number of anilines is 1. The molecule has 0 spiro atoms. The molecule has 0 saturated carbocycles. The minimum absolute atomic E-state index is 0.234. The average molecular weight is 265 g/mol. The number of aryl methyl sites for hydroxylation is 1. The number of amides is 1. The van der Waals surface area contributed by atoms with Gasteiger partial charge >= 0.3 is 0 Å². The van der Waals surface area contributed by atoms with E-state index in [-0.39, 0.29) is 11.1 Å². The van der Waals surface area contributed by atoms with Gasteiger partial charge in [0.1, 0.15) is 11.0 Å². The summed E-state index contributed by atoms with van der Waals surface area (Å²) in [5, 5.41) is 2.84. The van der Waals surface area contributed by atoms with E-state index in [9.17, 15) is 9.18 Å². The van der Waals surface area contributed by atoms with Crippen molar-refractivity contribution in [3.63, 3.8) is 0 Å². The maximum absolute atomic E-state index is 13.2. The molecule has 1 heterocycles. The number of hydrogen-bond acceptors (Lipinski definition) is 2. The molecule has 3 nitrogen and oxygen atoms in total. The minimum atomic E-state index is -0.391. The molecule has 0 aliphatic heterocycles. The number of hydrogen-bond donors (Lipinski definition) is 1. The van der Waals surface area contributed by atoms with Gasteiger partial charge in [0.15, 0.2) is 0 Å². The molecule has 0 saturated heterocycles. The van der Waals surface area contributed by atoms with Crippen molar-refractivity contribution in [2.45, 2.75) is 6.92 Å². The zero-order valence-electron chi connectivity index (χ0n) is 9.58. The van der Waals surface area contributed by atoms with Crippen molar-refractivity contribution < 1.29 is 9.18 Å². The van der Waals surface area contributed by atoms with E-state index in [2.05, 4.69) is 10.3 Å². The summed E-state index contributed by atoms with van der Waals surface area (Å²) in [4.78, 5) is 15.7. The number of carbonyl (C=O) groups excluding carboxylic acids is 1. The van der Waals surface area contributed by atoms with Crippen molar-refractivity contribution in [3.8, 4) is 0 Å². The Balaban J connectivity index is 2.21. The van der Waals surface area contributed by atoms with Crippen molar-refractivity contribution >= 4 is 23.2 Å². The summed E-state index contributed by atoms with van der Waals surface area (Å²) in [6.45, 7) is 1.75. The average Bonchev–Trinajstić information content (AvgIpc) is 2.27. The lowest BCUT2D eigenvalue weighted by molar-refractivity contribution is 0.102. The van der Waals surface area contributed by atoms with Crippen LogP contribution in [-0.2, 0) is 0 Å². The molecule has 92 valence electrons. The van der Waals surface area contributed by atoms with Crippen LogP contribution in [0.3, 0.4) is 0 Å². The Morgan fingerprint density at radius 2 is 2.11 bits per heavy atom. The summed E-state index contributed by atoms with van der Waals surface area (Å²) in [6.07, 6.45) is 1.44. The van der Waals surface area contributed by atoms with Crippen molar-refractivity contribution in [2.24, 2.45) is 0 Å². The van der Waals surface area contributed by atoms with Crippen molar-refractivity contribution in [1.29, 1.82) is 0 Å². The van der Waals surface area contributed by atoms with E-state index in [1.165, 1.54) is 30.5 Å². The predicted octanol–water partition coefficient (Wildman–Crippen LogP) is 3.43. The van der Waals surface area contributed by atoms with Gasteiger partial charge in [-0.25, -0.2) is 9.37 Å². The molecule has 0 aliphatic carbocycles. The Morgan fingerprint density at radius 3 is 2.78 bits per heavy atom. The number of halogens is 2. The van der Waals surface area contributed by atoms with Gasteiger partial charge in [-0.15, -0.1) is 0 Å². The molecular formula is C13H10ClFN2O. The second-order valence-corrected chi connectivity index (χ2v) is 4.23. The molecule has 0 aliphatic rings. The van der Waals surface area contributed by atoms with Crippen LogP contribution in [0.25, 0.3) is 0 Å². The summed E-state index contributed by atoms with van der Waals surface area (Å²) in [6, 6.07) is 7.31. The number of rotatable bonds is 2. The molecule has 0 fully saturated rings. The maximum Gasteiger partial charge on any atom is 0.255 e. The molecule has 1 N–H and O–H groups in total. The Bertz CT molecular complexity index is 581. The normalized spacial score (nSPS) is 10.2. The standard InChI is InChI=1S/C13H10ClFN2O/c1-8-4-10(15)7-11(5-8)17-13(18)9-2-3-16-12(14)6-9/h2-7H,1H3,(H,17,18). The van der Waals surface area contributed by atoms with Crippen molar-refractivity contribution in [1.82, 2.24) is 4.98 Å². The van der Waals surface area contributed by atoms with Gasteiger partial charge in [0.05, 0.1) is 0 Å². The Hall–Kier alpha value is -1.94. The van der Waals surface area contributed by atoms with Crippen LogP contribution < -0.4 is 5.32 Å². The lowest BCUT2D eigenvalue weighted by Gasteiger charge is -2.06. The number of pyridine rings is 1. The summed E-state index contributed by atoms with van der Waals surface area (Å²) < 4.78 is 13.2. The van der Waals surface area contributed by atoms with E-state index < -0.39 is 5.82 Å². The first-order valence-corrected chi connectivity index (χ1v) is 5.62. The lowest BCUT2D eigenvalue weighted by Crippen LogP contribution is -2.12. The Morgan fingerprint density at radius 1 is 1.33 bits per heavy atom. The second-order valence-electron chi connectivity index (χ2n) is 3.84. The topological polar surface area (TPSA) is 42.0 Å². The quantitative estimate of drug-likeness (QED) is 0.845. The van der Waals surface area contributed by atoms with E-state index >= 15 is 0 Å². The van der Waals surface area contributed by atoms with Crippen LogP contribution in [0.4, 0.5) is 10.1 Å². The molecule has 18 heavy (non-hydrogen) atoms. The molecule has 1 amide bonds. The summed E-state index contributed by atoms with van der Waals surface area (Å²) >= 11 is 5.69. The van der Waals surface area contributed by atoms with Gasteiger partial charge < -0.3 is 5.32 Å². The fraction of sp³-hybridized carbons (Fsp3) is 0.0769. The van der Waals surface area contributed by atoms with E-state index in [1.54, 1.807) is 13.0 Å². The molecule has 0 unspecified atom stereocenters. The molecule has 0 bridgehead atoms. The number of aromatic nitrogens is 1. The first-order valence-electron chi connectivity index (χ1n) is 5.25. The largest absolute Gasteiger partial charge is 0.322 e. The first-order chi connectivity index (χ1) is 8.54. The van der Waals surface area contributed by atoms with Crippen LogP contribution in [0.1, 0.15) is 15.9 Å². The minimum Gasteiger partial charge on any atom is -0.322 e. The van der Waals surface area contributed by atoms with Gasteiger partial charge in [-0.1, -0.05) is 11.6 Å². The third kappa shape index (κ3) is 3.05. The van der Waals surface area contributed by atoms with Crippen molar-refractivity contribution in [2.75, 3.05) is 5.32 Å². The smallest absolute Gasteiger partial charge is 0.255 e. The first kappa shape index (κ1) is 12.5.